The Balaban J connectivity index is 1.23. The number of rotatable bonds is 6. The Morgan fingerprint density at radius 1 is 0.913 bits per heavy atom. The summed E-state index contributed by atoms with van der Waals surface area (Å²) in [4.78, 5) is 43.1. The average Bonchev–Trinajstić information content (AvgIpc) is 3.40. The summed E-state index contributed by atoms with van der Waals surface area (Å²) in [6.45, 7) is 5.83. The number of aliphatic hydroxyl groups excluding tert-OH is 1. The minimum Gasteiger partial charge on any atom is -0.454 e. The molecule has 1 saturated heterocycles. The van der Waals surface area contributed by atoms with Crippen molar-refractivity contribution in [3.8, 4) is 11.5 Å². The van der Waals surface area contributed by atoms with Crippen molar-refractivity contribution in [1.29, 1.82) is 0 Å². The molecule has 1 spiro atoms. The number of benzene rings is 4. The zero-order chi connectivity index (χ0) is 32.4. The molecular formula is C36H35ClN2O6Si. The maximum absolute atomic E-state index is 14.5. The molecule has 3 aliphatic rings. The molecule has 4 atom stereocenters. The number of anilines is 3. The lowest BCUT2D eigenvalue weighted by molar-refractivity contribution is -0.146. The number of amides is 2. The number of carbonyl (C=O) groups is 2. The van der Waals surface area contributed by atoms with E-state index in [0.29, 0.717) is 51.1 Å². The molecule has 4 aromatic rings. The van der Waals surface area contributed by atoms with Crippen molar-refractivity contribution in [3.63, 3.8) is 0 Å². The van der Waals surface area contributed by atoms with Crippen LogP contribution in [0.25, 0.3) is 0 Å². The van der Waals surface area contributed by atoms with Gasteiger partial charge in [0.2, 0.25) is 0 Å². The lowest BCUT2D eigenvalue weighted by Crippen LogP contribution is -2.46. The van der Waals surface area contributed by atoms with Gasteiger partial charge in [0, 0.05) is 34.3 Å². The van der Waals surface area contributed by atoms with Gasteiger partial charge in [0.05, 0.1) is 29.6 Å². The number of halogens is 1. The fraction of sp³-hybridized carbons (Fsp3) is 0.278. The number of para-hydroxylation sites is 3. The van der Waals surface area contributed by atoms with Gasteiger partial charge < -0.3 is 24.3 Å². The van der Waals surface area contributed by atoms with Crippen molar-refractivity contribution in [2.24, 2.45) is 5.92 Å². The quantitative estimate of drug-likeness (QED) is 0.214. The summed E-state index contributed by atoms with van der Waals surface area (Å²) in [7, 11) is -2.80. The predicted octanol–water partition coefficient (Wildman–Crippen LogP) is 7.15. The number of ether oxygens (including phenoxy) is 2. The summed E-state index contributed by atoms with van der Waals surface area (Å²) in [6, 6.07) is 27.6. The fourth-order valence-electron chi connectivity index (χ4n) is 7.60. The maximum Gasteiger partial charge on any atom is 0.266 e. The number of aliphatic hydroxyl groups is 1. The second-order valence-electron chi connectivity index (χ2n) is 12.8. The Morgan fingerprint density at radius 3 is 2.33 bits per heavy atom. The SMILES string of the molecule is C[C@H]1[C@H]([Si](C)(C)O)[C@@H](CCO)O[C@]12C(=O)N(Cc1ccc(N3C(=O)c4ccccc4Oc4ccccc43)cc1)c1ccc(Cl)cc12. The van der Waals surface area contributed by atoms with Crippen LogP contribution >= 0.6 is 11.6 Å². The molecule has 0 unspecified atom stereocenters. The molecule has 8 nitrogen and oxygen atoms in total. The first-order valence-corrected chi connectivity index (χ1v) is 18.9. The van der Waals surface area contributed by atoms with Gasteiger partial charge in [-0.05, 0) is 79.7 Å². The second kappa shape index (κ2) is 11.4. The summed E-state index contributed by atoms with van der Waals surface area (Å²) in [5.74, 6) is 0.317. The lowest BCUT2D eigenvalue weighted by atomic mass is 9.82. The number of carbonyl (C=O) groups excluding carboxylic acids is 2. The summed E-state index contributed by atoms with van der Waals surface area (Å²) >= 11 is 6.49. The first kappa shape index (κ1) is 30.6. The van der Waals surface area contributed by atoms with Crippen LogP contribution in [-0.4, -0.2) is 42.7 Å². The molecule has 3 heterocycles. The van der Waals surface area contributed by atoms with Crippen LogP contribution in [0, 0.1) is 5.92 Å². The van der Waals surface area contributed by atoms with E-state index in [1.165, 1.54) is 0 Å². The smallest absolute Gasteiger partial charge is 0.266 e. The van der Waals surface area contributed by atoms with Crippen LogP contribution < -0.4 is 14.5 Å². The van der Waals surface area contributed by atoms with Crippen LogP contribution in [0.4, 0.5) is 17.1 Å². The Hall–Kier alpha value is -3.99. The van der Waals surface area contributed by atoms with Crippen LogP contribution in [-0.2, 0) is 21.7 Å². The Labute approximate surface area is 273 Å². The minimum absolute atomic E-state index is 0.108. The molecule has 0 aromatic heterocycles. The molecule has 10 heteroatoms. The third-order valence-corrected chi connectivity index (χ3v) is 12.3. The molecule has 1 fully saturated rings. The molecule has 0 radical (unpaired) electrons. The van der Waals surface area contributed by atoms with E-state index in [1.807, 2.05) is 86.7 Å². The van der Waals surface area contributed by atoms with E-state index in [1.54, 1.807) is 34.1 Å². The fourth-order valence-corrected chi connectivity index (χ4v) is 10.4. The van der Waals surface area contributed by atoms with E-state index in [0.717, 1.165) is 5.56 Å². The molecule has 4 aromatic carbocycles. The molecule has 2 amide bonds. The van der Waals surface area contributed by atoms with E-state index in [-0.39, 0.29) is 36.4 Å². The van der Waals surface area contributed by atoms with E-state index >= 15 is 0 Å². The zero-order valence-electron chi connectivity index (χ0n) is 25.8. The molecular weight excluding hydrogens is 620 g/mol. The van der Waals surface area contributed by atoms with Crippen molar-refractivity contribution in [1.82, 2.24) is 0 Å². The van der Waals surface area contributed by atoms with Crippen molar-refractivity contribution >= 4 is 48.8 Å². The molecule has 0 saturated carbocycles. The Bertz CT molecular complexity index is 1840. The van der Waals surface area contributed by atoms with Crippen molar-refractivity contribution in [2.75, 3.05) is 16.4 Å². The highest BCUT2D eigenvalue weighted by Crippen LogP contribution is 2.60. The second-order valence-corrected chi connectivity index (χ2v) is 17.2. The topological polar surface area (TPSA) is 99.5 Å². The molecule has 7 rings (SSSR count). The Morgan fingerprint density at radius 2 is 1.61 bits per heavy atom. The van der Waals surface area contributed by atoms with Gasteiger partial charge in [-0.1, -0.05) is 54.9 Å². The van der Waals surface area contributed by atoms with Gasteiger partial charge in [-0.3, -0.25) is 14.5 Å². The summed E-state index contributed by atoms with van der Waals surface area (Å²) in [5.41, 5.74) is 2.41. The first-order chi connectivity index (χ1) is 22.0. The van der Waals surface area contributed by atoms with Gasteiger partial charge in [0.1, 0.15) is 5.75 Å². The highest BCUT2D eigenvalue weighted by molar-refractivity contribution is 6.71. The first-order valence-electron chi connectivity index (χ1n) is 15.5. The number of hydrogen-bond acceptors (Lipinski definition) is 6. The molecule has 2 N–H and O–H groups in total. The van der Waals surface area contributed by atoms with E-state index in [9.17, 15) is 19.5 Å². The van der Waals surface area contributed by atoms with Crippen LogP contribution in [0.3, 0.4) is 0 Å². The molecule has 0 aliphatic carbocycles. The van der Waals surface area contributed by atoms with Gasteiger partial charge in [-0.2, -0.15) is 0 Å². The third-order valence-electron chi connectivity index (χ3n) is 9.54. The normalized spacial score (nSPS) is 23.7. The average molecular weight is 655 g/mol. The highest BCUT2D eigenvalue weighted by Gasteiger charge is 2.66. The van der Waals surface area contributed by atoms with Gasteiger partial charge >= 0.3 is 0 Å². The van der Waals surface area contributed by atoms with Crippen LogP contribution in [0.5, 0.6) is 11.5 Å². The van der Waals surface area contributed by atoms with Crippen LogP contribution in [0.2, 0.25) is 23.7 Å². The standard InChI is InChI=1S/C36H35ClN2O6Si/c1-22-33(46(2,3)43)32(18-19-40)45-36(22)27-20-24(37)14-17-28(27)38(35(36)42)21-23-12-15-25(16-13-23)39-29-9-5-7-11-31(29)44-30-10-6-4-8-26(30)34(39)41/h4-17,20,22,32-33,40,43H,18-19,21H2,1-3H3/t22-,32+,33-,36+/m0/s1. The largest absolute Gasteiger partial charge is 0.454 e. The van der Waals surface area contributed by atoms with Crippen molar-refractivity contribution < 1.29 is 29.0 Å². The van der Waals surface area contributed by atoms with E-state index in [4.69, 9.17) is 21.1 Å². The lowest BCUT2D eigenvalue weighted by Gasteiger charge is -2.32. The molecule has 236 valence electrons. The monoisotopic (exact) mass is 654 g/mol. The zero-order valence-corrected chi connectivity index (χ0v) is 27.6. The van der Waals surface area contributed by atoms with Crippen LogP contribution in [0.1, 0.15) is 34.8 Å². The van der Waals surface area contributed by atoms with Gasteiger partial charge in [0.15, 0.2) is 19.7 Å². The number of fused-ring (bicyclic) bond motifs is 4. The molecule has 3 aliphatic heterocycles. The summed E-state index contributed by atoms with van der Waals surface area (Å²) in [6.07, 6.45) is -0.142. The number of hydrogen-bond donors (Lipinski definition) is 2. The van der Waals surface area contributed by atoms with E-state index in [2.05, 4.69) is 0 Å². The van der Waals surface area contributed by atoms with Crippen molar-refractivity contribution in [3.05, 3.63) is 113 Å². The predicted molar refractivity (Wildman–Crippen MR) is 179 cm³/mol. The van der Waals surface area contributed by atoms with E-state index < -0.39 is 20.0 Å². The van der Waals surface area contributed by atoms with Crippen molar-refractivity contribution in [2.45, 2.75) is 50.2 Å². The summed E-state index contributed by atoms with van der Waals surface area (Å²) < 4.78 is 12.8. The van der Waals surface area contributed by atoms with Gasteiger partial charge in [-0.25, -0.2) is 0 Å². The Kier molecular flexibility index (Phi) is 7.57. The third kappa shape index (κ3) is 4.77. The summed E-state index contributed by atoms with van der Waals surface area (Å²) in [5, 5.41) is 10.3. The maximum atomic E-state index is 14.5. The highest BCUT2D eigenvalue weighted by atomic mass is 35.5. The number of nitrogens with zero attached hydrogens (tertiary/aromatic N) is 2. The van der Waals surface area contributed by atoms with Gasteiger partial charge in [-0.15, -0.1) is 0 Å². The van der Waals surface area contributed by atoms with Crippen LogP contribution in [0.15, 0.2) is 91.0 Å². The minimum atomic E-state index is -2.80. The van der Waals surface area contributed by atoms with Gasteiger partial charge in [0.25, 0.3) is 11.8 Å². The molecule has 46 heavy (non-hydrogen) atoms. The molecule has 0 bridgehead atoms.